The maximum Gasteiger partial charge on any atom is 0.237 e. The molecule has 24 heavy (non-hydrogen) atoms. The number of benzene rings is 2. The second kappa shape index (κ2) is 7.94. The average Bonchev–Trinajstić information content (AvgIpc) is 3.04. The molecule has 7 heteroatoms. The van der Waals surface area contributed by atoms with Crippen LogP contribution in [-0.2, 0) is 11.3 Å². The highest BCUT2D eigenvalue weighted by Gasteiger charge is 2.17. The second-order valence-corrected chi connectivity index (χ2v) is 7.23. The first-order valence-electron chi connectivity index (χ1n) is 7.33. The van der Waals surface area contributed by atoms with Gasteiger partial charge in [-0.25, -0.2) is 0 Å². The van der Waals surface area contributed by atoms with Crippen molar-refractivity contribution in [3.05, 3.63) is 66.2 Å². The lowest BCUT2D eigenvalue weighted by molar-refractivity contribution is -0.116. The van der Waals surface area contributed by atoms with Gasteiger partial charge in [0.2, 0.25) is 11.0 Å². The number of amides is 1. The Bertz CT molecular complexity index is 793. The van der Waals surface area contributed by atoms with Gasteiger partial charge in [0.25, 0.3) is 0 Å². The Hall–Kier alpha value is -2.38. The van der Waals surface area contributed by atoms with Crippen LogP contribution in [0.1, 0.15) is 5.56 Å². The van der Waals surface area contributed by atoms with Gasteiger partial charge < -0.3 is 10.6 Å². The molecule has 2 N–H and O–H groups in total. The van der Waals surface area contributed by atoms with Crippen LogP contribution in [0, 0.1) is 0 Å². The van der Waals surface area contributed by atoms with Gasteiger partial charge in [-0.2, -0.15) is 0 Å². The van der Waals surface area contributed by atoms with E-state index in [1.165, 1.54) is 23.1 Å². The summed E-state index contributed by atoms with van der Waals surface area (Å²) in [6.45, 7) is 0.530. The summed E-state index contributed by atoms with van der Waals surface area (Å²) in [6.07, 6.45) is 0. The van der Waals surface area contributed by atoms with Crippen LogP contribution in [0.4, 0.5) is 10.8 Å². The highest BCUT2D eigenvalue weighted by Crippen LogP contribution is 2.25. The molecule has 0 unspecified atom stereocenters. The summed E-state index contributed by atoms with van der Waals surface area (Å²) < 4.78 is 0.702. The van der Waals surface area contributed by atoms with Crippen LogP contribution in [0.2, 0.25) is 0 Å². The molecule has 0 atom stereocenters. The Kier molecular flexibility index (Phi) is 5.45. The summed E-state index contributed by atoms with van der Waals surface area (Å²) in [7, 11) is 0. The highest BCUT2D eigenvalue weighted by molar-refractivity contribution is 8.01. The molecule has 0 aliphatic heterocycles. The third-order valence-corrected chi connectivity index (χ3v) is 5.16. The SMILES string of the molecule is Nc1nnc(SCC(=O)N(Cc2ccccc2)c2ccccc2)s1. The van der Waals surface area contributed by atoms with Crippen molar-refractivity contribution in [2.24, 2.45) is 0 Å². The Morgan fingerprint density at radius 2 is 1.71 bits per heavy atom. The van der Waals surface area contributed by atoms with Crippen LogP contribution in [-0.4, -0.2) is 21.9 Å². The molecular weight excluding hydrogens is 340 g/mol. The van der Waals surface area contributed by atoms with Crippen molar-refractivity contribution < 1.29 is 4.79 Å². The van der Waals surface area contributed by atoms with Gasteiger partial charge in [-0.05, 0) is 17.7 Å². The lowest BCUT2D eigenvalue weighted by Gasteiger charge is -2.22. The summed E-state index contributed by atoms with van der Waals surface area (Å²) in [6, 6.07) is 19.6. The van der Waals surface area contributed by atoms with Crippen LogP contribution in [0.25, 0.3) is 0 Å². The van der Waals surface area contributed by atoms with E-state index in [1.54, 1.807) is 4.90 Å². The van der Waals surface area contributed by atoms with E-state index in [2.05, 4.69) is 10.2 Å². The highest BCUT2D eigenvalue weighted by atomic mass is 32.2. The molecule has 1 heterocycles. The topological polar surface area (TPSA) is 72.1 Å². The summed E-state index contributed by atoms with van der Waals surface area (Å²) in [5, 5.41) is 8.12. The zero-order valence-electron chi connectivity index (χ0n) is 12.8. The van der Waals surface area contributed by atoms with E-state index in [-0.39, 0.29) is 11.7 Å². The zero-order chi connectivity index (χ0) is 16.8. The molecule has 0 spiro atoms. The number of para-hydroxylation sites is 1. The van der Waals surface area contributed by atoms with Crippen molar-refractivity contribution in [1.82, 2.24) is 10.2 Å². The van der Waals surface area contributed by atoms with Gasteiger partial charge in [-0.1, -0.05) is 71.6 Å². The largest absolute Gasteiger partial charge is 0.374 e. The van der Waals surface area contributed by atoms with Crippen LogP contribution >= 0.6 is 23.1 Å². The fourth-order valence-corrected chi connectivity index (χ4v) is 3.69. The average molecular weight is 356 g/mol. The molecular formula is C17H16N4OS2. The fraction of sp³-hybridized carbons (Fsp3) is 0.118. The first kappa shape index (κ1) is 16.5. The minimum atomic E-state index is 0.0174. The van der Waals surface area contributed by atoms with Crippen molar-refractivity contribution >= 4 is 39.8 Å². The van der Waals surface area contributed by atoms with E-state index in [0.29, 0.717) is 16.0 Å². The molecule has 122 valence electrons. The molecule has 0 bridgehead atoms. The number of thioether (sulfide) groups is 1. The maximum absolute atomic E-state index is 12.8. The number of nitrogen functional groups attached to an aromatic ring is 1. The minimum absolute atomic E-state index is 0.0174. The van der Waals surface area contributed by atoms with Crippen molar-refractivity contribution in [2.45, 2.75) is 10.9 Å². The number of rotatable bonds is 6. The predicted octanol–water partition coefficient (Wildman–Crippen LogP) is 3.45. The smallest absolute Gasteiger partial charge is 0.237 e. The van der Waals surface area contributed by atoms with E-state index >= 15 is 0 Å². The molecule has 0 fully saturated rings. The molecule has 5 nitrogen and oxygen atoms in total. The fourth-order valence-electron chi connectivity index (χ4n) is 2.18. The normalized spacial score (nSPS) is 10.5. The van der Waals surface area contributed by atoms with Crippen molar-refractivity contribution in [3.63, 3.8) is 0 Å². The first-order chi connectivity index (χ1) is 11.7. The van der Waals surface area contributed by atoms with Crippen LogP contribution < -0.4 is 10.6 Å². The molecule has 0 aliphatic carbocycles. The maximum atomic E-state index is 12.8. The van der Waals surface area contributed by atoms with Gasteiger partial charge in [-0.15, -0.1) is 10.2 Å². The molecule has 0 aliphatic rings. The number of hydrogen-bond donors (Lipinski definition) is 1. The number of carbonyl (C=O) groups is 1. The van der Waals surface area contributed by atoms with E-state index in [1.807, 2.05) is 60.7 Å². The molecule has 0 radical (unpaired) electrons. The minimum Gasteiger partial charge on any atom is -0.374 e. The van der Waals surface area contributed by atoms with E-state index in [4.69, 9.17) is 5.73 Å². The molecule has 0 saturated heterocycles. The van der Waals surface area contributed by atoms with Crippen LogP contribution in [0.3, 0.4) is 0 Å². The van der Waals surface area contributed by atoms with E-state index in [0.717, 1.165) is 11.3 Å². The Labute approximate surface area is 148 Å². The molecule has 2 aromatic carbocycles. The summed E-state index contributed by atoms with van der Waals surface area (Å²) in [5.74, 6) is 0.305. The van der Waals surface area contributed by atoms with Crippen molar-refractivity contribution in [1.29, 1.82) is 0 Å². The van der Waals surface area contributed by atoms with Crippen LogP contribution in [0.15, 0.2) is 65.0 Å². The van der Waals surface area contributed by atoms with E-state index < -0.39 is 0 Å². The Morgan fingerprint density at radius 3 is 2.33 bits per heavy atom. The molecule has 3 aromatic rings. The van der Waals surface area contributed by atoms with Crippen molar-refractivity contribution in [2.75, 3.05) is 16.4 Å². The quantitative estimate of drug-likeness (QED) is 0.685. The summed E-state index contributed by atoms with van der Waals surface area (Å²) in [4.78, 5) is 14.5. The van der Waals surface area contributed by atoms with Crippen molar-refractivity contribution in [3.8, 4) is 0 Å². The third-order valence-electron chi connectivity index (χ3n) is 3.29. The molecule has 1 amide bonds. The first-order valence-corrected chi connectivity index (χ1v) is 9.14. The predicted molar refractivity (Wildman–Crippen MR) is 99.1 cm³/mol. The van der Waals surface area contributed by atoms with Gasteiger partial charge in [0.1, 0.15) is 0 Å². The van der Waals surface area contributed by atoms with Gasteiger partial charge >= 0.3 is 0 Å². The van der Waals surface area contributed by atoms with Crippen LogP contribution in [0.5, 0.6) is 0 Å². The lowest BCUT2D eigenvalue weighted by Crippen LogP contribution is -2.31. The van der Waals surface area contributed by atoms with Gasteiger partial charge in [-0.3, -0.25) is 4.79 Å². The van der Waals surface area contributed by atoms with Gasteiger partial charge in [0.15, 0.2) is 4.34 Å². The molecule has 1 aromatic heterocycles. The molecule has 0 saturated carbocycles. The van der Waals surface area contributed by atoms with E-state index in [9.17, 15) is 4.79 Å². The summed E-state index contributed by atoms with van der Waals surface area (Å²) >= 11 is 2.65. The standard InChI is InChI=1S/C17H16N4OS2/c18-16-19-20-17(24-16)23-12-15(22)21(14-9-5-2-6-10-14)11-13-7-3-1-4-8-13/h1-10H,11-12H2,(H2,18,19). The van der Waals surface area contributed by atoms with Gasteiger partial charge in [0, 0.05) is 5.69 Å². The zero-order valence-corrected chi connectivity index (χ0v) is 14.5. The summed E-state index contributed by atoms with van der Waals surface area (Å²) in [5.41, 5.74) is 7.54. The number of nitrogens with zero attached hydrogens (tertiary/aromatic N) is 3. The Balaban J connectivity index is 1.74. The monoisotopic (exact) mass is 356 g/mol. The number of aromatic nitrogens is 2. The van der Waals surface area contributed by atoms with Gasteiger partial charge in [0.05, 0.1) is 12.3 Å². The lowest BCUT2D eigenvalue weighted by atomic mass is 10.2. The second-order valence-electron chi connectivity index (χ2n) is 5.00. The third kappa shape index (κ3) is 4.33. The number of anilines is 2. The number of carbonyl (C=O) groups excluding carboxylic acids is 1. The number of hydrogen-bond acceptors (Lipinski definition) is 6. The molecule has 3 rings (SSSR count). The Morgan fingerprint density at radius 1 is 1.04 bits per heavy atom. The number of nitrogens with two attached hydrogens (primary N) is 1.